The van der Waals surface area contributed by atoms with E-state index in [0.717, 1.165) is 21.3 Å². The number of aliphatic hydroxyl groups excluding tert-OH is 1. The van der Waals surface area contributed by atoms with Gasteiger partial charge in [-0.2, -0.15) is 0 Å². The molecule has 1 atom stereocenters. The van der Waals surface area contributed by atoms with Gasteiger partial charge >= 0.3 is 5.69 Å². The lowest BCUT2D eigenvalue weighted by atomic mass is 9.99. The maximum absolute atomic E-state index is 12.4. The summed E-state index contributed by atoms with van der Waals surface area (Å²) in [4.78, 5) is 27.2. The third-order valence-electron chi connectivity index (χ3n) is 5.27. The van der Waals surface area contributed by atoms with Crippen molar-refractivity contribution in [1.29, 1.82) is 0 Å². The molecule has 0 aliphatic rings. The standard InChI is InChI=1S/C25H22ClN3O4/c1-15-5-7-16(8-6-15)17-3-2-4-18(13-17)23(31)22-24(32)29(25(33)28-22)14-21(30)27-20-11-9-19(26)10-12-20/h2-13,23,31-32H,14H2,1H3,(H,27,30)(H,28,33). The van der Waals surface area contributed by atoms with E-state index < -0.39 is 30.1 Å². The van der Waals surface area contributed by atoms with Crippen LogP contribution in [0.15, 0.2) is 77.6 Å². The molecular weight excluding hydrogens is 442 g/mol. The van der Waals surface area contributed by atoms with E-state index in [-0.39, 0.29) is 5.69 Å². The van der Waals surface area contributed by atoms with E-state index in [1.54, 1.807) is 42.5 Å². The summed E-state index contributed by atoms with van der Waals surface area (Å²) in [5.74, 6) is -1.02. The first-order valence-corrected chi connectivity index (χ1v) is 10.6. The first kappa shape index (κ1) is 22.4. The third-order valence-corrected chi connectivity index (χ3v) is 5.53. The number of halogens is 1. The van der Waals surface area contributed by atoms with Crippen LogP contribution in [0.5, 0.6) is 5.88 Å². The Bertz CT molecular complexity index is 1340. The smallest absolute Gasteiger partial charge is 0.329 e. The van der Waals surface area contributed by atoms with Gasteiger partial charge in [0.1, 0.15) is 18.3 Å². The van der Waals surface area contributed by atoms with Crippen LogP contribution in [0.1, 0.15) is 22.9 Å². The molecule has 1 amide bonds. The number of carbonyl (C=O) groups excluding carboxylic acids is 1. The van der Waals surface area contributed by atoms with Gasteiger partial charge in [-0.15, -0.1) is 0 Å². The van der Waals surface area contributed by atoms with Crippen molar-refractivity contribution < 1.29 is 15.0 Å². The zero-order chi connectivity index (χ0) is 23.5. The number of aromatic amines is 1. The molecule has 3 aromatic carbocycles. The van der Waals surface area contributed by atoms with Crippen LogP contribution in [-0.4, -0.2) is 25.7 Å². The number of benzene rings is 3. The summed E-state index contributed by atoms with van der Waals surface area (Å²) in [5, 5.41) is 24.6. The van der Waals surface area contributed by atoms with Crippen LogP contribution in [0.2, 0.25) is 5.02 Å². The molecule has 4 aromatic rings. The Kier molecular flexibility index (Phi) is 6.35. The monoisotopic (exact) mass is 463 g/mol. The summed E-state index contributed by atoms with van der Waals surface area (Å²) >= 11 is 5.83. The normalized spacial score (nSPS) is 11.8. The molecule has 7 nitrogen and oxygen atoms in total. The minimum atomic E-state index is -1.29. The van der Waals surface area contributed by atoms with Crippen molar-refractivity contribution in [2.75, 3.05) is 5.32 Å². The molecule has 1 unspecified atom stereocenters. The molecule has 0 spiro atoms. The number of nitrogens with one attached hydrogen (secondary N) is 2. The average Bonchev–Trinajstić information content (AvgIpc) is 3.09. The minimum Gasteiger partial charge on any atom is -0.493 e. The number of aliphatic hydroxyl groups is 1. The van der Waals surface area contributed by atoms with Gasteiger partial charge < -0.3 is 20.5 Å². The van der Waals surface area contributed by atoms with Gasteiger partial charge in [0.2, 0.25) is 11.8 Å². The molecule has 0 fully saturated rings. The van der Waals surface area contributed by atoms with Crippen molar-refractivity contribution >= 4 is 23.2 Å². The van der Waals surface area contributed by atoms with Crippen molar-refractivity contribution in [1.82, 2.24) is 9.55 Å². The van der Waals surface area contributed by atoms with Crippen LogP contribution in [0.3, 0.4) is 0 Å². The number of rotatable bonds is 6. The second-order valence-corrected chi connectivity index (χ2v) is 8.14. The Morgan fingerprint density at radius 2 is 1.76 bits per heavy atom. The van der Waals surface area contributed by atoms with E-state index >= 15 is 0 Å². The highest BCUT2D eigenvalue weighted by molar-refractivity contribution is 6.30. The fourth-order valence-electron chi connectivity index (χ4n) is 3.50. The molecule has 0 radical (unpaired) electrons. The minimum absolute atomic E-state index is 0.0830. The van der Waals surface area contributed by atoms with Crippen molar-refractivity contribution in [3.05, 3.63) is 105 Å². The fourth-order valence-corrected chi connectivity index (χ4v) is 3.62. The molecule has 0 bridgehead atoms. The zero-order valence-corrected chi connectivity index (χ0v) is 18.5. The molecule has 0 saturated carbocycles. The van der Waals surface area contributed by atoms with Gasteiger partial charge in [-0.1, -0.05) is 59.6 Å². The maximum Gasteiger partial charge on any atom is 0.329 e. The quantitative estimate of drug-likeness (QED) is 0.343. The molecule has 4 N–H and O–H groups in total. The summed E-state index contributed by atoms with van der Waals surface area (Å²) in [6.45, 7) is 1.57. The van der Waals surface area contributed by atoms with Crippen molar-refractivity contribution in [2.24, 2.45) is 0 Å². The molecule has 0 saturated heterocycles. The summed E-state index contributed by atoms with van der Waals surface area (Å²) in [7, 11) is 0. The van der Waals surface area contributed by atoms with Gasteiger partial charge in [0, 0.05) is 10.7 Å². The van der Waals surface area contributed by atoms with E-state index in [4.69, 9.17) is 11.6 Å². The summed E-state index contributed by atoms with van der Waals surface area (Å²) < 4.78 is 0.869. The third kappa shape index (κ3) is 5.00. The van der Waals surface area contributed by atoms with E-state index in [9.17, 15) is 19.8 Å². The lowest BCUT2D eigenvalue weighted by Gasteiger charge is -2.12. The van der Waals surface area contributed by atoms with Crippen LogP contribution < -0.4 is 11.0 Å². The van der Waals surface area contributed by atoms with Crippen molar-refractivity contribution in [3.8, 4) is 17.0 Å². The summed E-state index contributed by atoms with van der Waals surface area (Å²) in [5.41, 5.74) is 3.20. The molecule has 1 heterocycles. The number of hydrogen-bond donors (Lipinski definition) is 4. The number of amides is 1. The Labute approximate surface area is 194 Å². The number of hydrogen-bond acceptors (Lipinski definition) is 4. The molecule has 0 aliphatic carbocycles. The van der Waals surface area contributed by atoms with Crippen LogP contribution in [0.4, 0.5) is 5.69 Å². The zero-order valence-electron chi connectivity index (χ0n) is 17.7. The second kappa shape index (κ2) is 9.36. The molecule has 8 heteroatoms. The number of aromatic nitrogens is 2. The summed E-state index contributed by atoms with van der Waals surface area (Å²) in [6, 6.07) is 21.6. The van der Waals surface area contributed by atoms with Gasteiger partial charge in [-0.25, -0.2) is 4.79 Å². The maximum atomic E-state index is 12.4. The second-order valence-electron chi connectivity index (χ2n) is 7.70. The number of anilines is 1. The molecule has 0 aliphatic heterocycles. The highest BCUT2D eigenvalue weighted by Crippen LogP contribution is 2.30. The Morgan fingerprint density at radius 3 is 2.45 bits per heavy atom. The number of H-pyrrole nitrogens is 1. The molecular formula is C25H22ClN3O4. The average molecular weight is 464 g/mol. The van der Waals surface area contributed by atoms with Gasteiger partial charge in [0.05, 0.1) is 0 Å². The predicted molar refractivity (Wildman–Crippen MR) is 127 cm³/mol. The van der Waals surface area contributed by atoms with Crippen molar-refractivity contribution in [3.63, 3.8) is 0 Å². The number of nitrogens with zero attached hydrogens (tertiary/aromatic N) is 1. The first-order chi connectivity index (χ1) is 15.8. The number of aryl methyl sites for hydroxylation is 1. The molecule has 33 heavy (non-hydrogen) atoms. The number of aromatic hydroxyl groups is 1. The van der Waals surface area contributed by atoms with E-state index in [2.05, 4.69) is 10.3 Å². The van der Waals surface area contributed by atoms with E-state index in [0.29, 0.717) is 16.3 Å². The number of carbonyl (C=O) groups is 1. The lowest BCUT2D eigenvalue weighted by molar-refractivity contribution is -0.116. The topological polar surface area (TPSA) is 107 Å². The van der Waals surface area contributed by atoms with E-state index in [1.807, 2.05) is 37.3 Å². The van der Waals surface area contributed by atoms with E-state index in [1.165, 1.54) is 0 Å². The van der Waals surface area contributed by atoms with Crippen LogP contribution in [-0.2, 0) is 11.3 Å². The Hall–Kier alpha value is -3.81. The number of imidazole rings is 1. The van der Waals surface area contributed by atoms with Gasteiger partial charge in [0.25, 0.3) is 0 Å². The first-order valence-electron chi connectivity index (χ1n) is 10.2. The van der Waals surface area contributed by atoms with Crippen LogP contribution in [0.25, 0.3) is 11.1 Å². The van der Waals surface area contributed by atoms with Crippen molar-refractivity contribution in [2.45, 2.75) is 19.6 Å². The van der Waals surface area contributed by atoms with Crippen LogP contribution in [0, 0.1) is 6.92 Å². The van der Waals surface area contributed by atoms with Gasteiger partial charge in [-0.3, -0.25) is 9.36 Å². The van der Waals surface area contributed by atoms with Gasteiger partial charge in [-0.05, 0) is 53.9 Å². The van der Waals surface area contributed by atoms with Gasteiger partial charge in [0.15, 0.2) is 0 Å². The lowest BCUT2D eigenvalue weighted by Crippen LogP contribution is -2.25. The molecule has 4 rings (SSSR count). The molecule has 1 aromatic heterocycles. The highest BCUT2D eigenvalue weighted by atomic mass is 35.5. The van der Waals surface area contributed by atoms with Crippen LogP contribution >= 0.6 is 11.6 Å². The largest absolute Gasteiger partial charge is 0.493 e. The Balaban J connectivity index is 1.55. The Morgan fingerprint density at radius 1 is 1.06 bits per heavy atom. The summed E-state index contributed by atoms with van der Waals surface area (Å²) in [6.07, 6.45) is -1.29. The fraction of sp³-hybridized carbons (Fsp3) is 0.120. The highest BCUT2D eigenvalue weighted by Gasteiger charge is 2.23. The SMILES string of the molecule is Cc1ccc(-c2cccc(C(O)c3[nH]c(=O)n(CC(=O)Nc4ccc(Cl)cc4)c3O)c2)cc1. The predicted octanol–water partition coefficient (Wildman–Crippen LogP) is 4.23. The molecule has 168 valence electrons.